The molecule has 0 saturated heterocycles. The number of benzene rings is 2. The highest BCUT2D eigenvalue weighted by Crippen LogP contribution is 2.57. The van der Waals surface area contributed by atoms with Gasteiger partial charge < -0.3 is 18.9 Å². The summed E-state index contributed by atoms with van der Waals surface area (Å²) in [7, 11) is 5.21. The molecule has 4 nitrogen and oxygen atoms in total. The van der Waals surface area contributed by atoms with Crippen molar-refractivity contribution in [3.05, 3.63) is 52.6 Å². The molecule has 0 atom stereocenters. The maximum Gasteiger partial charge on any atom is 0.188 e. The van der Waals surface area contributed by atoms with Crippen LogP contribution in [0.5, 0.6) is 5.75 Å². The molecule has 1 aliphatic carbocycles. The number of ether oxygens (including phenoxy) is 4. The summed E-state index contributed by atoms with van der Waals surface area (Å²) in [6, 6.07) is 11.3. The van der Waals surface area contributed by atoms with Crippen molar-refractivity contribution in [3.63, 3.8) is 0 Å². The fourth-order valence-corrected chi connectivity index (χ4v) is 4.76. The summed E-state index contributed by atoms with van der Waals surface area (Å²) in [4.78, 5) is 0. The van der Waals surface area contributed by atoms with Crippen LogP contribution in [-0.4, -0.2) is 41.3 Å². The van der Waals surface area contributed by atoms with Gasteiger partial charge in [0.2, 0.25) is 0 Å². The normalized spacial score (nSPS) is 14.0. The second-order valence-corrected chi connectivity index (χ2v) is 8.06. The van der Waals surface area contributed by atoms with Crippen LogP contribution in [0.4, 0.5) is 0 Å². The van der Waals surface area contributed by atoms with Crippen LogP contribution in [0.3, 0.4) is 0 Å². The summed E-state index contributed by atoms with van der Waals surface area (Å²) in [6.07, 6.45) is 4.11. The molecule has 0 bridgehead atoms. The van der Waals surface area contributed by atoms with Crippen LogP contribution in [0.1, 0.15) is 47.9 Å². The highest BCUT2D eigenvalue weighted by atomic mass is 16.7. The molecule has 0 radical (unpaired) electrons. The SMILES string of the molecule is COCCCC1(CCCOC)c2cc(C)ccc2-c2c(OCOC)cc(C)cc21. The smallest absolute Gasteiger partial charge is 0.188 e. The molecule has 2 aromatic carbocycles. The van der Waals surface area contributed by atoms with Crippen molar-refractivity contribution in [2.45, 2.75) is 44.9 Å². The summed E-state index contributed by atoms with van der Waals surface area (Å²) in [5.74, 6) is 0.910. The summed E-state index contributed by atoms with van der Waals surface area (Å²) < 4.78 is 22.1. The molecule has 0 heterocycles. The van der Waals surface area contributed by atoms with Gasteiger partial charge >= 0.3 is 0 Å². The Hall–Kier alpha value is -1.88. The number of aryl methyl sites for hydroxylation is 2. The summed E-state index contributed by atoms with van der Waals surface area (Å²) in [5, 5.41) is 0. The molecular formula is C25H34O4. The highest BCUT2D eigenvalue weighted by molar-refractivity contribution is 5.86. The molecule has 2 aromatic rings. The van der Waals surface area contributed by atoms with Crippen LogP contribution in [0, 0.1) is 13.8 Å². The van der Waals surface area contributed by atoms with Gasteiger partial charge in [-0.15, -0.1) is 0 Å². The van der Waals surface area contributed by atoms with Gasteiger partial charge in [-0.3, -0.25) is 0 Å². The Labute approximate surface area is 175 Å². The van der Waals surface area contributed by atoms with Crippen molar-refractivity contribution < 1.29 is 18.9 Å². The quantitative estimate of drug-likeness (QED) is 0.375. The van der Waals surface area contributed by atoms with Gasteiger partial charge in [0.1, 0.15) is 5.75 Å². The lowest BCUT2D eigenvalue weighted by atomic mass is 9.71. The molecule has 0 N–H and O–H groups in total. The average molecular weight is 399 g/mol. The molecule has 0 fully saturated rings. The Balaban J connectivity index is 2.19. The monoisotopic (exact) mass is 398 g/mol. The minimum Gasteiger partial charge on any atom is -0.467 e. The lowest BCUT2D eigenvalue weighted by Gasteiger charge is -2.33. The van der Waals surface area contributed by atoms with Crippen molar-refractivity contribution in [2.75, 3.05) is 41.3 Å². The summed E-state index contributed by atoms with van der Waals surface area (Å²) in [5.41, 5.74) is 7.73. The van der Waals surface area contributed by atoms with E-state index < -0.39 is 0 Å². The van der Waals surface area contributed by atoms with Gasteiger partial charge in [0.25, 0.3) is 0 Å². The maximum atomic E-state index is 6.04. The number of fused-ring (bicyclic) bond motifs is 3. The first-order chi connectivity index (χ1) is 14.1. The molecule has 0 spiro atoms. The topological polar surface area (TPSA) is 36.9 Å². The molecule has 4 heteroatoms. The Bertz CT molecular complexity index is 818. The second-order valence-electron chi connectivity index (χ2n) is 8.06. The Kier molecular flexibility index (Phi) is 7.33. The van der Waals surface area contributed by atoms with Gasteiger partial charge in [-0.2, -0.15) is 0 Å². The van der Waals surface area contributed by atoms with E-state index in [0.717, 1.165) is 44.6 Å². The maximum absolute atomic E-state index is 6.04. The molecule has 0 saturated carbocycles. The largest absolute Gasteiger partial charge is 0.467 e. The first kappa shape index (κ1) is 21.8. The summed E-state index contributed by atoms with van der Waals surface area (Å²) in [6.45, 7) is 6.09. The summed E-state index contributed by atoms with van der Waals surface area (Å²) >= 11 is 0. The lowest BCUT2D eigenvalue weighted by molar-refractivity contribution is 0.0514. The molecule has 3 rings (SSSR count). The van der Waals surface area contributed by atoms with Crippen LogP contribution in [0.15, 0.2) is 30.3 Å². The highest BCUT2D eigenvalue weighted by Gasteiger charge is 2.44. The fourth-order valence-electron chi connectivity index (χ4n) is 4.76. The van der Waals surface area contributed by atoms with Gasteiger partial charge in [-0.1, -0.05) is 29.8 Å². The predicted octanol–water partition coefficient (Wildman–Crippen LogP) is 5.41. The zero-order valence-corrected chi connectivity index (χ0v) is 18.5. The molecule has 29 heavy (non-hydrogen) atoms. The lowest BCUT2D eigenvalue weighted by Crippen LogP contribution is -2.27. The van der Waals surface area contributed by atoms with Crippen molar-refractivity contribution in [3.8, 4) is 16.9 Å². The van der Waals surface area contributed by atoms with Crippen LogP contribution in [-0.2, 0) is 19.6 Å². The Morgan fingerprint density at radius 1 is 0.759 bits per heavy atom. The van der Waals surface area contributed by atoms with Crippen LogP contribution >= 0.6 is 0 Å². The van der Waals surface area contributed by atoms with Gasteiger partial charge in [0.05, 0.1) is 0 Å². The minimum atomic E-state index is -0.0506. The van der Waals surface area contributed by atoms with E-state index in [1.807, 2.05) is 0 Å². The number of methoxy groups -OCH3 is 3. The Morgan fingerprint density at radius 3 is 2.03 bits per heavy atom. The van der Waals surface area contributed by atoms with E-state index >= 15 is 0 Å². The van der Waals surface area contributed by atoms with Crippen molar-refractivity contribution in [1.82, 2.24) is 0 Å². The van der Waals surface area contributed by atoms with E-state index in [2.05, 4.69) is 44.2 Å². The van der Waals surface area contributed by atoms with E-state index in [4.69, 9.17) is 18.9 Å². The molecule has 0 unspecified atom stereocenters. The first-order valence-corrected chi connectivity index (χ1v) is 10.4. The van der Waals surface area contributed by atoms with E-state index in [1.54, 1.807) is 21.3 Å². The molecule has 0 aromatic heterocycles. The fraction of sp³-hybridized carbons (Fsp3) is 0.520. The predicted molar refractivity (Wildman–Crippen MR) is 117 cm³/mol. The Morgan fingerprint density at radius 2 is 1.41 bits per heavy atom. The molecule has 158 valence electrons. The first-order valence-electron chi connectivity index (χ1n) is 10.4. The zero-order chi connectivity index (χ0) is 20.9. The number of rotatable bonds is 11. The van der Waals surface area contributed by atoms with Crippen molar-refractivity contribution in [2.24, 2.45) is 0 Å². The van der Waals surface area contributed by atoms with E-state index in [0.29, 0.717) is 0 Å². The third-order valence-corrected chi connectivity index (χ3v) is 5.96. The number of hydrogen-bond donors (Lipinski definition) is 0. The van der Waals surface area contributed by atoms with Crippen LogP contribution in [0.25, 0.3) is 11.1 Å². The van der Waals surface area contributed by atoms with Crippen molar-refractivity contribution in [1.29, 1.82) is 0 Å². The molecule has 0 amide bonds. The molecule has 0 aliphatic heterocycles. The van der Waals surface area contributed by atoms with Crippen molar-refractivity contribution >= 4 is 0 Å². The number of hydrogen-bond acceptors (Lipinski definition) is 4. The third kappa shape index (κ3) is 4.35. The minimum absolute atomic E-state index is 0.0506. The van der Waals surface area contributed by atoms with Crippen LogP contribution in [0.2, 0.25) is 0 Å². The van der Waals surface area contributed by atoms with E-state index in [-0.39, 0.29) is 12.2 Å². The molecule has 1 aliphatic rings. The van der Waals surface area contributed by atoms with Gasteiger partial charge in [0.15, 0.2) is 6.79 Å². The van der Waals surface area contributed by atoms with E-state index in [9.17, 15) is 0 Å². The average Bonchev–Trinajstić information content (AvgIpc) is 2.96. The standard InChI is InChI=1S/C25H34O4/c1-18-8-9-20-21(14-18)25(10-6-12-26-3,11-7-13-27-4)22-15-19(2)16-23(24(20)22)29-17-28-5/h8-9,14-16H,6-7,10-13,17H2,1-5H3. The molecular weight excluding hydrogens is 364 g/mol. The van der Waals surface area contributed by atoms with Gasteiger partial charge in [-0.25, -0.2) is 0 Å². The second kappa shape index (κ2) is 9.75. The zero-order valence-electron chi connectivity index (χ0n) is 18.5. The van der Waals surface area contributed by atoms with Gasteiger partial charge in [-0.05, 0) is 67.9 Å². The van der Waals surface area contributed by atoms with Crippen LogP contribution < -0.4 is 4.74 Å². The van der Waals surface area contributed by atoms with E-state index in [1.165, 1.54) is 33.4 Å². The third-order valence-electron chi connectivity index (χ3n) is 5.96. The van der Waals surface area contributed by atoms with Gasteiger partial charge in [0, 0.05) is 45.5 Å².